The van der Waals surface area contributed by atoms with Crippen molar-refractivity contribution in [3.8, 4) is 0 Å². The number of hydrogen-bond donors (Lipinski definition) is 1. The summed E-state index contributed by atoms with van der Waals surface area (Å²) in [5.41, 5.74) is 1.03. The van der Waals surface area contributed by atoms with E-state index in [0.29, 0.717) is 5.56 Å². The summed E-state index contributed by atoms with van der Waals surface area (Å²) in [7, 11) is 1.92. The number of rotatable bonds is 8. The molecule has 0 aliphatic heterocycles. The summed E-state index contributed by atoms with van der Waals surface area (Å²) in [5, 5.41) is 19.6. The zero-order valence-electron chi connectivity index (χ0n) is 12.3. The van der Waals surface area contributed by atoms with E-state index in [2.05, 4.69) is 6.92 Å². The molecule has 0 saturated carbocycles. The fourth-order valence-electron chi connectivity index (χ4n) is 1.97. The van der Waals surface area contributed by atoms with E-state index >= 15 is 0 Å². The van der Waals surface area contributed by atoms with Crippen molar-refractivity contribution in [3.05, 3.63) is 40.0 Å². The Morgan fingerprint density at radius 3 is 2.71 bits per heavy atom. The molecule has 6 heteroatoms. The summed E-state index contributed by atoms with van der Waals surface area (Å²) in [6, 6.07) is 4.74. The number of nitro benzene ring substituents is 1. The zero-order chi connectivity index (χ0) is 15.8. The van der Waals surface area contributed by atoms with Gasteiger partial charge in [-0.2, -0.15) is 0 Å². The molecule has 6 nitrogen and oxygen atoms in total. The van der Waals surface area contributed by atoms with Crippen LogP contribution in [0.5, 0.6) is 0 Å². The molecular formula is C15H20N2O4. The van der Waals surface area contributed by atoms with Crippen LogP contribution in [0.1, 0.15) is 31.7 Å². The molecule has 0 aromatic heterocycles. The van der Waals surface area contributed by atoms with Crippen LogP contribution in [0.15, 0.2) is 24.3 Å². The van der Waals surface area contributed by atoms with E-state index in [-0.39, 0.29) is 5.69 Å². The summed E-state index contributed by atoms with van der Waals surface area (Å²) in [6.07, 6.45) is 5.46. The van der Waals surface area contributed by atoms with Crippen molar-refractivity contribution in [2.45, 2.75) is 26.2 Å². The van der Waals surface area contributed by atoms with E-state index in [1.165, 1.54) is 12.1 Å². The van der Waals surface area contributed by atoms with Crippen LogP contribution in [-0.4, -0.2) is 29.6 Å². The number of anilines is 1. The van der Waals surface area contributed by atoms with E-state index in [0.717, 1.165) is 37.6 Å². The number of carbonyl (C=O) groups is 1. The molecule has 0 amide bonds. The lowest BCUT2D eigenvalue weighted by Crippen LogP contribution is -2.18. The molecule has 0 saturated heterocycles. The molecule has 0 spiro atoms. The Morgan fingerprint density at radius 2 is 2.14 bits per heavy atom. The number of aliphatic carboxylic acids is 1. The number of hydrogen-bond acceptors (Lipinski definition) is 4. The first-order chi connectivity index (χ1) is 9.95. The van der Waals surface area contributed by atoms with Gasteiger partial charge in [0.05, 0.1) is 10.5 Å². The van der Waals surface area contributed by atoms with E-state index in [1.807, 2.05) is 11.9 Å². The molecule has 1 N–H and O–H groups in total. The Kier molecular flexibility index (Phi) is 6.39. The molecule has 0 bridgehead atoms. The molecule has 0 radical (unpaired) electrons. The third kappa shape index (κ3) is 5.25. The maximum atomic E-state index is 11.0. The first-order valence-electron chi connectivity index (χ1n) is 6.86. The quantitative estimate of drug-likeness (QED) is 0.344. The summed E-state index contributed by atoms with van der Waals surface area (Å²) in [4.78, 5) is 23.0. The molecule has 0 aliphatic rings. The third-order valence-corrected chi connectivity index (χ3v) is 3.15. The predicted molar refractivity (Wildman–Crippen MR) is 82.6 cm³/mol. The average Bonchev–Trinajstić information content (AvgIpc) is 2.44. The lowest BCUT2D eigenvalue weighted by molar-refractivity contribution is -0.385. The van der Waals surface area contributed by atoms with Gasteiger partial charge in [-0.1, -0.05) is 19.8 Å². The highest BCUT2D eigenvalue weighted by molar-refractivity contribution is 5.86. The maximum absolute atomic E-state index is 11.0. The van der Waals surface area contributed by atoms with Crippen molar-refractivity contribution in [1.29, 1.82) is 0 Å². The van der Waals surface area contributed by atoms with E-state index < -0.39 is 10.9 Å². The van der Waals surface area contributed by atoms with Crippen molar-refractivity contribution in [2.24, 2.45) is 0 Å². The first kappa shape index (κ1) is 16.7. The molecule has 0 atom stereocenters. The minimum absolute atomic E-state index is 0.0989. The van der Waals surface area contributed by atoms with Gasteiger partial charge < -0.3 is 10.0 Å². The van der Waals surface area contributed by atoms with Gasteiger partial charge in [0, 0.05) is 31.4 Å². The van der Waals surface area contributed by atoms with Gasteiger partial charge in [0.1, 0.15) is 0 Å². The van der Waals surface area contributed by atoms with Crippen LogP contribution in [0.25, 0.3) is 6.08 Å². The van der Waals surface area contributed by atoms with Crippen molar-refractivity contribution in [3.63, 3.8) is 0 Å². The van der Waals surface area contributed by atoms with Crippen molar-refractivity contribution in [1.82, 2.24) is 0 Å². The van der Waals surface area contributed by atoms with Gasteiger partial charge >= 0.3 is 5.97 Å². The highest BCUT2D eigenvalue weighted by Gasteiger charge is 2.13. The topological polar surface area (TPSA) is 83.7 Å². The monoisotopic (exact) mass is 292 g/mol. The fraction of sp³-hybridized carbons (Fsp3) is 0.400. The summed E-state index contributed by atoms with van der Waals surface area (Å²) >= 11 is 0. The first-order valence-corrected chi connectivity index (χ1v) is 6.86. The molecule has 1 rings (SSSR count). The number of nitrogens with zero attached hydrogens (tertiary/aromatic N) is 2. The number of carboxylic acids is 1. The maximum Gasteiger partial charge on any atom is 0.328 e. The van der Waals surface area contributed by atoms with Crippen LogP contribution < -0.4 is 4.90 Å². The molecule has 1 aromatic carbocycles. The highest BCUT2D eigenvalue weighted by atomic mass is 16.6. The summed E-state index contributed by atoms with van der Waals surface area (Å²) < 4.78 is 0. The van der Waals surface area contributed by atoms with Crippen molar-refractivity contribution < 1.29 is 14.8 Å². The minimum atomic E-state index is -1.13. The van der Waals surface area contributed by atoms with Crippen molar-refractivity contribution >= 4 is 23.4 Å². The second kappa shape index (κ2) is 8.04. The third-order valence-electron chi connectivity index (χ3n) is 3.15. The Bertz CT molecular complexity index is 540. The van der Waals surface area contributed by atoms with Gasteiger partial charge in [-0.3, -0.25) is 10.1 Å². The van der Waals surface area contributed by atoms with Gasteiger partial charge in [-0.05, 0) is 24.6 Å². The Morgan fingerprint density at radius 1 is 1.43 bits per heavy atom. The van der Waals surface area contributed by atoms with Crippen LogP contribution in [0, 0.1) is 10.1 Å². The van der Waals surface area contributed by atoms with Crippen LogP contribution in [0.3, 0.4) is 0 Å². The van der Waals surface area contributed by atoms with E-state index in [9.17, 15) is 14.9 Å². The number of unbranched alkanes of at least 4 members (excludes halogenated alkanes) is 2. The van der Waals surface area contributed by atoms with Crippen LogP contribution >= 0.6 is 0 Å². The lowest BCUT2D eigenvalue weighted by atomic mass is 10.1. The highest BCUT2D eigenvalue weighted by Crippen LogP contribution is 2.26. The second-order valence-electron chi connectivity index (χ2n) is 4.80. The SMILES string of the molecule is CCCCCN(C)c1ccc([N+](=O)[O-])c(/C=C/C(=O)O)c1. The van der Waals surface area contributed by atoms with Crippen LogP contribution in [0.4, 0.5) is 11.4 Å². The zero-order valence-corrected chi connectivity index (χ0v) is 12.3. The van der Waals surface area contributed by atoms with Gasteiger partial charge in [-0.15, -0.1) is 0 Å². The molecular weight excluding hydrogens is 272 g/mol. The molecule has 21 heavy (non-hydrogen) atoms. The predicted octanol–water partition coefficient (Wildman–Crippen LogP) is 3.32. The van der Waals surface area contributed by atoms with Gasteiger partial charge in [-0.25, -0.2) is 4.79 Å². The smallest absolute Gasteiger partial charge is 0.328 e. The molecule has 0 unspecified atom stereocenters. The molecule has 0 aliphatic carbocycles. The van der Waals surface area contributed by atoms with Crippen molar-refractivity contribution in [2.75, 3.05) is 18.5 Å². The van der Waals surface area contributed by atoms with Gasteiger partial charge in [0.15, 0.2) is 0 Å². The summed E-state index contributed by atoms with van der Waals surface area (Å²) in [5.74, 6) is -1.13. The van der Waals surface area contributed by atoms with Gasteiger partial charge in [0.2, 0.25) is 0 Å². The molecule has 0 fully saturated rings. The number of benzene rings is 1. The largest absolute Gasteiger partial charge is 0.478 e. The summed E-state index contributed by atoms with van der Waals surface area (Å²) in [6.45, 7) is 2.98. The Labute approximate surface area is 123 Å². The van der Waals surface area contributed by atoms with Crippen LogP contribution in [0.2, 0.25) is 0 Å². The minimum Gasteiger partial charge on any atom is -0.478 e. The Balaban J connectivity index is 3.00. The van der Waals surface area contributed by atoms with Crippen LogP contribution in [-0.2, 0) is 4.79 Å². The molecule has 1 aromatic rings. The number of carboxylic acid groups (broad SMARTS) is 1. The normalized spacial score (nSPS) is 10.8. The molecule has 0 heterocycles. The average molecular weight is 292 g/mol. The lowest BCUT2D eigenvalue weighted by Gasteiger charge is -2.19. The Hall–Kier alpha value is -2.37. The second-order valence-corrected chi connectivity index (χ2v) is 4.80. The van der Waals surface area contributed by atoms with E-state index in [1.54, 1.807) is 12.1 Å². The standard InChI is InChI=1S/C15H20N2O4/c1-3-4-5-10-16(2)13-7-8-14(17(20)21)12(11-13)6-9-15(18)19/h6-9,11H,3-5,10H2,1-2H3,(H,18,19)/b9-6+. The molecule has 114 valence electrons. The van der Waals surface area contributed by atoms with Gasteiger partial charge in [0.25, 0.3) is 5.69 Å². The number of nitro groups is 1. The van der Waals surface area contributed by atoms with E-state index in [4.69, 9.17) is 5.11 Å². The fourth-order valence-corrected chi connectivity index (χ4v) is 1.97.